The first-order chi connectivity index (χ1) is 17.5. The largest absolute Gasteiger partial charge is 0.497 e. The van der Waals surface area contributed by atoms with Crippen molar-refractivity contribution in [3.8, 4) is 11.5 Å². The molecule has 13 heteroatoms. The van der Waals surface area contributed by atoms with Gasteiger partial charge in [-0.3, -0.25) is 14.9 Å². The fourth-order valence-corrected chi connectivity index (χ4v) is 5.05. The monoisotopic (exact) mass is 580 g/mol. The van der Waals surface area contributed by atoms with Crippen LogP contribution < -0.4 is 19.1 Å². The fourth-order valence-electron chi connectivity index (χ4n) is 3.29. The molecule has 0 saturated carbocycles. The number of methoxy groups -OCH3 is 1. The van der Waals surface area contributed by atoms with Crippen LogP contribution in [-0.4, -0.2) is 33.4 Å². The molecule has 0 aromatic heterocycles. The Balaban J connectivity index is 1.65. The van der Waals surface area contributed by atoms with Gasteiger partial charge in [-0.05, 0) is 72.3 Å². The van der Waals surface area contributed by atoms with Gasteiger partial charge in [0.1, 0.15) is 16.2 Å². The van der Waals surface area contributed by atoms with E-state index in [-0.39, 0.29) is 37.5 Å². The Kier molecular flexibility index (Phi) is 7.47. The first-order valence-corrected chi connectivity index (χ1v) is 12.8. The zero-order chi connectivity index (χ0) is 26.9. The molecule has 0 bridgehead atoms. The number of halogens is 3. The van der Waals surface area contributed by atoms with Crippen molar-refractivity contribution in [3.63, 3.8) is 0 Å². The molecule has 0 atom stereocenters. The number of barbiturate groups is 1. The lowest BCUT2D eigenvalue weighted by Gasteiger charge is -2.26. The SMILES string of the molecule is COc1ccc(N2C(=O)NC(=O)/C(=C\c3cc(Cl)c(OS(=O)(=O)c4ccc(Cl)cc4)c(Cl)c3)C2=O)cc1. The van der Waals surface area contributed by atoms with Crippen LogP contribution in [0.5, 0.6) is 11.5 Å². The molecule has 3 aromatic carbocycles. The summed E-state index contributed by atoms with van der Waals surface area (Å²) in [4.78, 5) is 38.5. The summed E-state index contributed by atoms with van der Waals surface area (Å²) in [5, 5.41) is 2.02. The molecule has 0 unspecified atom stereocenters. The number of benzene rings is 3. The van der Waals surface area contributed by atoms with Gasteiger partial charge in [0.25, 0.3) is 11.8 Å². The molecule has 1 aliphatic heterocycles. The molecule has 1 N–H and O–H groups in total. The summed E-state index contributed by atoms with van der Waals surface area (Å²) in [5.41, 5.74) is -0.00676. The van der Waals surface area contributed by atoms with E-state index in [2.05, 4.69) is 5.32 Å². The summed E-state index contributed by atoms with van der Waals surface area (Å²) in [6, 6.07) is 12.9. The van der Waals surface area contributed by atoms with Gasteiger partial charge in [0, 0.05) is 5.02 Å². The summed E-state index contributed by atoms with van der Waals surface area (Å²) in [5.74, 6) is -1.67. The highest BCUT2D eigenvalue weighted by Gasteiger charge is 2.37. The van der Waals surface area contributed by atoms with Gasteiger partial charge < -0.3 is 8.92 Å². The van der Waals surface area contributed by atoms with Crippen molar-refractivity contribution in [2.24, 2.45) is 0 Å². The maximum absolute atomic E-state index is 13.1. The number of amides is 4. The third kappa shape index (κ3) is 5.57. The summed E-state index contributed by atoms with van der Waals surface area (Å²) in [6.07, 6.45) is 1.16. The first kappa shape index (κ1) is 26.5. The second-order valence-electron chi connectivity index (χ2n) is 7.46. The average Bonchev–Trinajstić information content (AvgIpc) is 2.84. The number of ether oxygens (including phenoxy) is 1. The van der Waals surface area contributed by atoms with E-state index in [1.54, 1.807) is 12.1 Å². The number of carbonyl (C=O) groups excluding carboxylic acids is 3. The number of imide groups is 2. The highest BCUT2D eigenvalue weighted by atomic mass is 35.5. The Hall–Kier alpha value is -3.57. The van der Waals surface area contributed by atoms with E-state index in [0.717, 1.165) is 11.0 Å². The first-order valence-electron chi connectivity index (χ1n) is 10.2. The zero-order valence-electron chi connectivity index (χ0n) is 18.7. The van der Waals surface area contributed by atoms with Crippen LogP contribution in [-0.2, 0) is 19.7 Å². The van der Waals surface area contributed by atoms with Crippen molar-refractivity contribution < 1.29 is 31.7 Å². The molecule has 4 rings (SSSR count). The van der Waals surface area contributed by atoms with Gasteiger partial charge in [0.05, 0.1) is 22.8 Å². The van der Waals surface area contributed by atoms with Crippen molar-refractivity contribution in [3.05, 3.63) is 86.9 Å². The van der Waals surface area contributed by atoms with Gasteiger partial charge in [-0.15, -0.1) is 0 Å². The minimum atomic E-state index is -4.30. The Morgan fingerprint density at radius 3 is 2.05 bits per heavy atom. The number of hydrogen-bond acceptors (Lipinski definition) is 7. The maximum Gasteiger partial charge on any atom is 0.339 e. The molecule has 9 nitrogen and oxygen atoms in total. The molecule has 0 aliphatic carbocycles. The van der Waals surface area contributed by atoms with Crippen LogP contribution in [0.2, 0.25) is 15.1 Å². The number of nitrogens with one attached hydrogen (secondary N) is 1. The number of carbonyl (C=O) groups is 3. The van der Waals surface area contributed by atoms with Crippen LogP contribution in [0.4, 0.5) is 10.5 Å². The molecule has 1 fully saturated rings. The van der Waals surface area contributed by atoms with Gasteiger partial charge in [0.15, 0.2) is 5.75 Å². The summed E-state index contributed by atoms with van der Waals surface area (Å²) < 4.78 is 35.4. The molecule has 4 amide bonds. The second-order valence-corrected chi connectivity index (χ2v) is 10.3. The van der Waals surface area contributed by atoms with Crippen LogP contribution in [0.15, 0.2) is 71.1 Å². The Morgan fingerprint density at radius 1 is 0.892 bits per heavy atom. The standard InChI is InChI=1S/C24H15Cl3N2O7S/c1-35-16-6-4-15(5-7-16)29-23(31)18(22(30)28-24(29)32)10-13-11-19(26)21(20(27)12-13)36-37(33,34)17-8-2-14(25)3-9-17/h2-12H,1H3,(H,28,30,32)/b18-10+. The molecule has 190 valence electrons. The Labute approximate surface area is 226 Å². The third-order valence-corrected chi connectivity index (χ3v) is 7.11. The zero-order valence-corrected chi connectivity index (χ0v) is 21.8. The van der Waals surface area contributed by atoms with Gasteiger partial charge in [-0.25, -0.2) is 9.69 Å². The van der Waals surface area contributed by atoms with E-state index in [1.165, 1.54) is 55.6 Å². The normalized spacial score (nSPS) is 15.1. The number of anilines is 1. The predicted molar refractivity (Wildman–Crippen MR) is 138 cm³/mol. The van der Waals surface area contributed by atoms with Crippen LogP contribution in [0.25, 0.3) is 6.08 Å². The predicted octanol–water partition coefficient (Wildman–Crippen LogP) is 5.09. The molecule has 1 aliphatic rings. The summed E-state index contributed by atoms with van der Waals surface area (Å²) in [6.45, 7) is 0. The number of hydrogen-bond donors (Lipinski definition) is 1. The van der Waals surface area contributed by atoms with Gasteiger partial charge >= 0.3 is 16.1 Å². The highest BCUT2D eigenvalue weighted by Crippen LogP contribution is 2.37. The number of rotatable bonds is 6. The lowest BCUT2D eigenvalue weighted by atomic mass is 10.1. The van der Waals surface area contributed by atoms with Crippen molar-refractivity contribution in [2.45, 2.75) is 4.90 Å². The van der Waals surface area contributed by atoms with Crippen LogP contribution in [0.1, 0.15) is 5.56 Å². The highest BCUT2D eigenvalue weighted by molar-refractivity contribution is 7.87. The van der Waals surface area contributed by atoms with Crippen LogP contribution in [0, 0.1) is 0 Å². The van der Waals surface area contributed by atoms with Crippen LogP contribution in [0.3, 0.4) is 0 Å². The molecule has 1 saturated heterocycles. The van der Waals surface area contributed by atoms with E-state index in [9.17, 15) is 22.8 Å². The number of nitrogens with zero attached hydrogens (tertiary/aromatic N) is 1. The second kappa shape index (κ2) is 10.4. The van der Waals surface area contributed by atoms with E-state index < -0.39 is 28.0 Å². The molecular weight excluding hydrogens is 567 g/mol. The third-order valence-electron chi connectivity index (χ3n) is 5.06. The van der Waals surface area contributed by atoms with Crippen molar-refractivity contribution in [1.82, 2.24) is 5.32 Å². The lowest BCUT2D eigenvalue weighted by molar-refractivity contribution is -0.122. The Bertz CT molecular complexity index is 1530. The molecule has 37 heavy (non-hydrogen) atoms. The fraction of sp³-hybridized carbons (Fsp3) is 0.0417. The Morgan fingerprint density at radius 2 is 1.49 bits per heavy atom. The van der Waals surface area contributed by atoms with Gasteiger partial charge in [-0.1, -0.05) is 34.8 Å². The molecule has 0 spiro atoms. The van der Waals surface area contributed by atoms with E-state index in [0.29, 0.717) is 10.8 Å². The maximum atomic E-state index is 13.1. The van der Waals surface area contributed by atoms with Crippen molar-refractivity contribution >= 4 is 74.5 Å². The van der Waals surface area contributed by atoms with Crippen molar-refractivity contribution in [2.75, 3.05) is 12.0 Å². The van der Waals surface area contributed by atoms with Crippen molar-refractivity contribution in [1.29, 1.82) is 0 Å². The average molecular weight is 582 g/mol. The van der Waals surface area contributed by atoms with E-state index in [4.69, 9.17) is 43.7 Å². The molecule has 1 heterocycles. The minimum absolute atomic E-state index is 0.175. The topological polar surface area (TPSA) is 119 Å². The van der Waals surface area contributed by atoms with E-state index in [1.807, 2.05) is 0 Å². The van der Waals surface area contributed by atoms with Gasteiger partial charge in [-0.2, -0.15) is 8.42 Å². The van der Waals surface area contributed by atoms with Crippen LogP contribution >= 0.6 is 34.8 Å². The molecule has 0 radical (unpaired) electrons. The number of urea groups is 1. The molecule has 3 aromatic rings. The summed E-state index contributed by atoms with van der Waals surface area (Å²) >= 11 is 18.3. The van der Waals surface area contributed by atoms with Gasteiger partial charge in [0.2, 0.25) is 0 Å². The molecular formula is C24H15Cl3N2O7S. The van der Waals surface area contributed by atoms with E-state index >= 15 is 0 Å². The quantitative estimate of drug-likeness (QED) is 0.245. The minimum Gasteiger partial charge on any atom is -0.497 e. The smallest absolute Gasteiger partial charge is 0.339 e. The summed E-state index contributed by atoms with van der Waals surface area (Å²) in [7, 11) is -2.83. The lowest BCUT2D eigenvalue weighted by Crippen LogP contribution is -2.54.